The Labute approximate surface area is 116 Å². The smallest absolute Gasteiger partial charge is 0.331 e. The number of nitrogens with one attached hydrogen (secondary N) is 1. The number of nitrogens with zero attached hydrogens (tertiary/aromatic N) is 2. The van der Waals surface area contributed by atoms with Crippen LogP contribution in [0.5, 0.6) is 0 Å². The number of halogens is 1. The van der Waals surface area contributed by atoms with Gasteiger partial charge in [0, 0.05) is 6.20 Å². The summed E-state index contributed by atoms with van der Waals surface area (Å²) >= 11 is 5.58. The van der Waals surface area contributed by atoms with Gasteiger partial charge in [-0.3, -0.25) is 14.3 Å². The van der Waals surface area contributed by atoms with Gasteiger partial charge in [0.15, 0.2) is 0 Å². The van der Waals surface area contributed by atoms with Crippen molar-refractivity contribution in [2.75, 3.05) is 6.61 Å². The Morgan fingerprint density at radius 1 is 1.55 bits per heavy atom. The van der Waals surface area contributed by atoms with Crippen molar-refractivity contribution in [2.24, 2.45) is 0 Å². The number of hydrogen-bond acceptors (Lipinski definition) is 7. The van der Waals surface area contributed by atoms with Gasteiger partial charge in [-0.2, -0.15) is 5.26 Å². The van der Waals surface area contributed by atoms with E-state index in [9.17, 15) is 25.1 Å². The van der Waals surface area contributed by atoms with Gasteiger partial charge in [-0.15, -0.1) is 0 Å². The van der Waals surface area contributed by atoms with E-state index in [1.165, 1.54) is 0 Å². The fourth-order valence-electron chi connectivity index (χ4n) is 1.99. The third kappa shape index (κ3) is 1.94. The molecule has 1 aliphatic heterocycles. The van der Waals surface area contributed by atoms with Crippen molar-refractivity contribution in [3.05, 3.63) is 32.1 Å². The summed E-state index contributed by atoms with van der Waals surface area (Å²) in [6, 6.07) is 1.56. The van der Waals surface area contributed by atoms with E-state index in [1.54, 1.807) is 6.07 Å². The molecule has 0 aliphatic carbocycles. The third-order valence-electron chi connectivity index (χ3n) is 3.03. The molecule has 1 aromatic heterocycles. The second-order valence-electron chi connectivity index (χ2n) is 4.19. The van der Waals surface area contributed by atoms with E-state index in [0.29, 0.717) is 4.57 Å². The fraction of sp³-hybridized carbons (Fsp3) is 0.500. The van der Waals surface area contributed by atoms with Crippen molar-refractivity contribution in [1.82, 2.24) is 9.55 Å². The first-order chi connectivity index (χ1) is 9.37. The molecule has 2 rings (SSSR count). The van der Waals surface area contributed by atoms with E-state index in [1.807, 2.05) is 4.98 Å². The Hall–Kier alpha value is -1.70. The molecule has 2 heterocycles. The zero-order chi connectivity index (χ0) is 15.1. The maximum atomic E-state index is 11.8. The van der Waals surface area contributed by atoms with Crippen LogP contribution in [-0.4, -0.2) is 49.8 Å². The van der Waals surface area contributed by atoms with Gasteiger partial charge in [0.25, 0.3) is 11.3 Å². The normalized spacial score (nSPS) is 33.0. The molecule has 0 bridgehead atoms. The van der Waals surface area contributed by atoms with E-state index < -0.39 is 46.9 Å². The third-order valence-corrected chi connectivity index (χ3v) is 3.30. The molecule has 9 nitrogen and oxygen atoms in total. The van der Waals surface area contributed by atoms with Gasteiger partial charge in [0.2, 0.25) is 0 Å². The number of aliphatic hydroxyl groups excluding tert-OH is 3. The lowest BCUT2D eigenvalue weighted by Gasteiger charge is -2.26. The van der Waals surface area contributed by atoms with Crippen molar-refractivity contribution >= 4 is 11.6 Å². The maximum Gasteiger partial charge on any atom is 0.331 e. The highest BCUT2D eigenvalue weighted by molar-refractivity contribution is 6.30. The average molecular weight is 304 g/mol. The number of ether oxygens (including phenoxy) is 1. The second kappa shape index (κ2) is 5.01. The zero-order valence-electron chi connectivity index (χ0n) is 9.86. The molecule has 1 aromatic rings. The first-order valence-electron chi connectivity index (χ1n) is 5.45. The molecule has 4 N–H and O–H groups in total. The Bertz CT molecular complexity index is 679. The summed E-state index contributed by atoms with van der Waals surface area (Å²) in [4.78, 5) is 24.8. The van der Waals surface area contributed by atoms with Crippen LogP contribution in [0.2, 0.25) is 5.02 Å². The van der Waals surface area contributed by atoms with E-state index in [4.69, 9.17) is 21.4 Å². The van der Waals surface area contributed by atoms with Crippen molar-refractivity contribution < 1.29 is 20.1 Å². The molecular formula is C10H10ClN3O6. The molecule has 0 amide bonds. The molecule has 0 aromatic carbocycles. The Balaban J connectivity index is 2.65. The topological polar surface area (TPSA) is 149 Å². The van der Waals surface area contributed by atoms with Crippen molar-refractivity contribution in [3.63, 3.8) is 0 Å². The first kappa shape index (κ1) is 14.7. The van der Waals surface area contributed by atoms with Crippen LogP contribution >= 0.6 is 11.6 Å². The molecule has 0 spiro atoms. The summed E-state index contributed by atoms with van der Waals surface area (Å²) in [6.07, 6.45) is -3.84. The summed E-state index contributed by atoms with van der Waals surface area (Å²) in [5.41, 5.74) is -4.21. The van der Waals surface area contributed by atoms with Crippen LogP contribution < -0.4 is 11.2 Å². The monoisotopic (exact) mass is 303 g/mol. The Morgan fingerprint density at radius 2 is 2.20 bits per heavy atom. The minimum Gasteiger partial charge on any atom is -0.394 e. The summed E-state index contributed by atoms with van der Waals surface area (Å²) in [7, 11) is 0. The number of aromatic amines is 1. The van der Waals surface area contributed by atoms with Crippen LogP contribution in [0.25, 0.3) is 0 Å². The summed E-state index contributed by atoms with van der Waals surface area (Å²) < 4.78 is 5.67. The highest BCUT2D eigenvalue weighted by Gasteiger charge is 2.56. The van der Waals surface area contributed by atoms with Gasteiger partial charge < -0.3 is 20.1 Å². The van der Waals surface area contributed by atoms with E-state index in [0.717, 1.165) is 6.20 Å². The van der Waals surface area contributed by atoms with Crippen LogP contribution in [-0.2, 0) is 10.5 Å². The summed E-state index contributed by atoms with van der Waals surface area (Å²) in [6.45, 7) is -0.673. The number of rotatable bonds is 2. The predicted octanol–water partition coefficient (Wildman–Crippen LogP) is -2.52. The lowest BCUT2D eigenvalue weighted by Crippen LogP contribution is -2.50. The standard InChI is InChI=1S/C10H10ClN3O6/c11-4-1-14(9(19)13-8(4)18)10(3-12)7(17)6(16)5(2-15)20-10/h1,5-7,15-17H,2H2,(H,13,18,19). The number of H-pyrrole nitrogens is 1. The first-order valence-corrected chi connectivity index (χ1v) is 5.83. The van der Waals surface area contributed by atoms with Gasteiger partial charge >= 0.3 is 5.69 Å². The molecule has 4 atom stereocenters. The second-order valence-corrected chi connectivity index (χ2v) is 4.60. The van der Waals surface area contributed by atoms with Crippen molar-refractivity contribution in [1.29, 1.82) is 5.26 Å². The summed E-state index contributed by atoms with van der Waals surface area (Å²) in [5.74, 6) is 0. The molecule has 1 aliphatic rings. The van der Waals surface area contributed by atoms with Crippen LogP contribution in [0, 0.1) is 11.3 Å². The lowest BCUT2D eigenvalue weighted by molar-refractivity contribution is -0.109. The molecular weight excluding hydrogens is 294 g/mol. The molecule has 4 unspecified atom stereocenters. The fourth-order valence-corrected chi connectivity index (χ4v) is 2.14. The summed E-state index contributed by atoms with van der Waals surface area (Å²) in [5, 5.41) is 37.5. The average Bonchev–Trinajstić information content (AvgIpc) is 2.68. The number of hydrogen-bond donors (Lipinski definition) is 4. The van der Waals surface area contributed by atoms with E-state index >= 15 is 0 Å². The quantitative estimate of drug-likeness (QED) is 0.471. The minimum atomic E-state index is -2.29. The Kier molecular flexibility index (Phi) is 3.68. The van der Waals surface area contributed by atoms with Gasteiger partial charge in [-0.25, -0.2) is 4.79 Å². The molecule has 1 saturated heterocycles. The van der Waals surface area contributed by atoms with E-state index in [2.05, 4.69) is 0 Å². The van der Waals surface area contributed by atoms with Crippen molar-refractivity contribution in [2.45, 2.75) is 24.0 Å². The molecule has 0 saturated carbocycles. The molecule has 20 heavy (non-hydrogen) atoms. The number of aromatic nitrogens is 2. The molecule has 1 fully saturated rings. The molecule has 10 heteroatoms. The highest BCUT2D eigenvalue weighted by Crippen LogP contribution is 2.34. The SMILES string of the molecule is N#CC1(n2cc(Cl)c(=O)[nH]c2=O)OC(CO)C(O)C1O. The van der Waals surface area contributed by atoms with Crippen LogP contribution in [0.15, 0.2) is 15.8 Å². The van der Waals surface area contributed by atoms with Gasteiger partial charge in [0.1, 0.15) is 29.4 Å². The van der Waals surface area contributed by atoms with Crippen LogP contribution in [0.1, 0.15) is 0 Å². The van der Waals surface area contributed by atoms with E-state index in [-0.39, 0.29) is 0 Å². The van der Waals surface area contributed by atoms with Crippen LogP contribution in [0.4, 0.5) is 0 Å². The number of nitriles is 1. The number of aliphatic hydroxyl groups is 3. The van der Waals surface area contributed by atoms with Gasteiger partial charge in [-0.1, -0.05) is 11.6 Å². The predicted molar refractivity (Wildman–Crippen MR) is 63.9 cm³/mol. The largest absolute Gasteiger partial charge is 0.394 e. The van der Waals surface area contributed by atoms with Gasteiger partial charge in [-0.05, 0) is 0 Å². The highest BCUT2D eigenvalue weighted by atomic mass is 35.5. The molecule has 108 valence electrons. The Morgan fingerprint density at radius 3 is 2.70 bits per heavy atom. The minimum absolute atomic E-state index is 0.406. The van der Waals surface area contributed by atoms with Crippen molar-refractivity contribution in [3.8, 4) is 6.07 Å². The maximum absolute atomic E-state index is 11.8. The van der Waals surface area contributed by atoms with Crippen LogP contribution in [0.3, 0.4) is 0 Å². The van der Waals surface area contributed by atoms with Gasteiger partial charge in [0.05, 0.1) is 6.61 Å². The lowest BCUT2D eigenvalue weighted by atomic mass is 10.0. The molecule has 0 radical (unpaired) electrons. The zero-order valence-corrected chi connectivity index (χ0v) is 10.6.